The maximum absolute atomic E-state index is 5.60. The van der Waals surface area contributed by atoms with E-state index in [1.807, 2.05) is 0 Å². The Morgan fingerprint density at radius 1 is 1.30 bits per heavy atom. The van der Waals surface area contributed by atoms with Crippen molar-refractivity contribution in [2.45, 2.75) is 45.8 Å². The summed E-state index contributed by atoms with van der Waals surface area (Å²) < 4.78 is 5.30. The zero-order valence-electron chi connectivity index (χ0n) is 7.10. The minimum Gasteiger partial charge on any atom is -0.364 e. The summed E-state index contributed by atoms with van der Waals surface area (Å²) in [5, 5.41) is 0. The second-order valence-corrected chi connectivity index (χ2v) is 2.55. The molecule has 0 fully saturated rings. The van der Waals surface area contributed by atoms with Crippen molar-refractivity contribution in [2.24, 2.45) is 5.73 Å². The fraction of sp³-hybridized carbons (Fsp3) is 1.00. The molecule has 0 aromatic carbocycles. The van der Waals surface area contributed by atoms with Crippen molar-refractivity contribution in [2.75, 3.05) is 6.61 Å². The van der Waals surface area contributed by atoms with E-state index in [1.165, 1.54) is 6.42 Å². The number of nitrogens with two attached hydrogens (primary N) is 1. The molecule has 0 spiro atoms. The lowest BCUT2D eigenvalue weighted by Crippen LogP contribution is -2.23. The Hall–Kier alpha value is -0.0800. The Labute approximate surface area is 63.7 Å². The molecule has 1 unspecified atom stereocenters. The van der Waals surface area contributed by atoms with Crippen LogP contribution in [0.15, 0.2) is 0 Å². The van der Waals surface area contributed by atoms with Gasteiger partial charge in [0, 0.05) is 6.61 Å². The molecule has 1 atom stereocenters. The van der Waals surface area contributed by atoms with E-state index in [0.29, 0.717) is 0 Å². The molecule has 10 heavy (non-hydrogen) atoms. The molecule has 0 rings (SSSR count). The Morgan fingerprint density at radius 3 is 2.50 bits per heavy atom. The third-order valence-corrected chi connectivity index (χ3v) is 1.40. The van der Waals surface area contributed by atoms with Crippen LogP contribution in [-0.2, 0) is 4.74 Å². The van der Waals surface area contributed by atoms with Crippen molar-refractivity contribution in [3.05, 3.63) is 0 Å². The van der Waals surface area contributed by atoms with E-state index in [0.717, 1.165) is 25.9 Å². The molecule has 0 bridgehead atoms. The van der Waals surface area contributed by atoms with Crippen molar-refractivity contribution in [3.8, 4) is 0 Å². The van der Waals surface area contributed by atoms with E-state index < -0.39 is 0 Å². The van der Waals surface area contributed by atoms with Gasteiger partial charge in [-0.1, -0.05) is 26.7 Å². The maximum atomic E-state index is 5.60. The molecular formula is C8H19NO. The molecule has 0 aliphatic rings. The fourth-order valence-corrected chi connectivity index (χ4v) is 0.747. The van der Waals surface area contributed by atoms with Crippen LogP contribution >= 0.6 is 0 Å². The van der Waals surface area contributed by atoms with Gasteiger partial charge >= 0.3 is 0 Å². The van der Waals surface area contributed by atoms with Gasteiger partial charge in [-0.2, -0.15) is 0 Å². The van der Waals surface area contributed by atoms with Crippen molar-refractivity contribution in [1.82, 2.24) is 0 Å². The quantitative estimate of drug-likeness (QED) is 0.457. The van der Waals surface area contributed by atoms with Crippen LogP contribution in [0.4, 0.5) is 0 Å². The number of hydrogen-bond donors (Lipinski definition) is 1. The molecule has 0 saturated carbocycles. The van der Waals surface area contributed by atoms with Gasteiger partial charge in [-0.3, -0.25) is 0 Å². The van der Waals surface area contributed by atoms with Crippen LogP contribution in [0.3, 0.4) is 0 Å². The van der Waals surface area contributed by atoms with E-state index in [2.05, 4.69) is 13.8 Å². The summed E-state index contributed by atoms with van der Waals surface area (Å²) in [6, 6.07) is 0. The second-order valence-electron chi connectivity index (χ2n) is 2.55. The van der Waals surface area contributed by atoms with Gasteiger partial charge in [-0.15, -0.1) is 0 Å². The van der Waals surface area contributed by atoms with Crippen LogP contribution in [0.1, 0.15) is 39.5 Å². The Balaban J connectivity index is 2.97. The molecular weight excluding hydrogens is 126 g/mol. The van der Waals surface area contributed by atoms with E-state index in [4.69, 9.17) is 10.5 Å². The van der Waals surface area contributed by atoms with E-state index in [1.54, 1.807) is 0 Å². The summed E-state index contributed by atoms with van der Waals surface area (Å²) >= 11 is 0. The molecule has 62 valence electrons. The summed E-state index contributed by atoms with van der Waals surface area (Å²) in [5.74, 6) is 0. The van der Waals surface area contributed by atoms with Crippen LogP contribution in [-0.4, -0.2) is 12.8 Å². The minimum atomic E-state index is -0.0310. The van der Waals surface area contributed by atoms with Gasteiger partial charge in [0.05, 0.1) is 0 Å². The first-order valence-electron chi connectivity index (χ1n) is 4.18. The monoisotopic (exact) mass is 145 g/mol. The minimum absolute atomic E-state index is 0.0310. The Morgan fingerprint density at radius 2 is 2.00 bits per heavy atom. The lowest BCUT2D eigenvalue weighted by molar-refractivity contribution is 0.0497. The molecule has 0 aromatic rings. The van der Waals surface area contributed by atoms with Crippen LogP contribution in [0, 0.1) is 0 Å². The highest BCUT2D eigenvalue weighted by Crippen LogP contribution is 1.96. The summed E-state index contributed by atoms with van der Waals surface area (Å²) in [7, 11) is 0. The van der Waals surface area contributed by atoms with Crippen molar-refractivity contribution < 1.29 is 4.74 Å². The highest BCUT2D eigenvalue weighted by atomic mass is 16.5. The lowest BCUT2D eigenvalue weighted by atomic mass is 10.3. The molecule has 0 aromatic heterocycles. The van der Waals surface area contributed by atoms with Crippen molar-refractivity contribution in [1.29, 1.82) is 0 Å². The zero-order chi connectivity index (χ0) is 7.82. The van der Waals surface area contributed by atoms with Gasteiger partial charge in [-0.05, 0) is 12.8 Å². The predicted octanol–water partition coefficient (Wildman–Crippen LogP) is 1.89. The van der Waals surface area contributed by atoms with Gasteiger partial charge in [0.25, 0.3) is 0 Å². The third kappa shape index (κ3) is 6.05. The predicted molar refractivity (Wildman–Crippen MR) is 43.7 cm³/mol. The number of hydrogen-bond acceptors (Lipinski definition) is 2. The first-order chi connectivity index (χ1) is 4.81. The summed E-state index contributed by atoms with van der Waals surface area (Å²) in [4.78, 5) is 0. The van der Waals surface area contributed by atoms with Gasteiger partial charge in [-0.25, -0.2) is 0 Å². The van der Waals surface area contributed by atoms with E-state index in [-0.39, 0.29) is 6.23 Å². The molecule has 2 N–H and O–H groups in total. The normalized spacial score (nSPS) is 13.5. The van der Waals surface area contributed by atoms with E-state index in [9.17, 15) is 0 Å². The fourth-order valence-electron chi connectivity index (χ4n) is 0.747. The summed E-state index contributed by atoms with van der Waals surface area (Å²) in [6.45, 7) is 5.08. The van der Waals surface area contributed by atoms with Gasteiger partial charge in [0.1, 0.15) is 6.23 Å². The molecule has 0 radical (unpaired) electrons. The standard InChI is InChI=1S/C8H19NO/c1-3-5-7-10-8(9)6-4-2/h8H,3-7,9H2,1-2H3. The summed E-state index contributed by atoms with van der Waals surface area (Å²) in [6.07, 6.45) is 4.35. The number of rotatable bonds is 6. The van der Waals surface area contributed by atoms with Crippen LogP contribution in [0.25, 0.3) is 0 Å². The zero-order valence-corrected chi connectivity index (χ0v) is 7.10. The van der Waals surface area contributed by atoms with Crippen molar-refractivity contribution >= 4 is 0 Å². The molecule has 0 aliphatic carbocycles. The summed E-state index contributed by atoms with van der Waals surface area (Å²) in [5.41, 5.74) is 5.60. The second kappa shape index (κ2) is 7.03. The number of unbranched alkanes of at least 4 members (excludes halogenated alkanes) is 1. The Bertz CT molecular complexity index is 66.3. The van der Waals surface area contributed by atoms with Gasteiger partial charge in [0.2, 0.25) is 0 Å². The SMILES string of the molecule is CCCCOC(N)CCC. The average Bonchev–Trinajstić information content (AvgIpc) is 1.89. The van der Waals surface area contributed by atoms with Gasteiger partial charge in [0.15, 0.2) is 0 Å². The van der Waals surface area contributed by atoms with Crippen LogP contribution < -0.4 is 5.73 Å². The van der Waals surface area contributed by atoms with Crippen LogP contribution in [0.5, 0.6) is 0 Å². The first-order valence-corrected chi connectivity index (χ1v) is 4.18. The van der Waals surface area contributed by atoms with E-state index >= 15 is 0 Å². The smallest absolute Gasteiger partial charge is 0.105 e. The largest absolute Gasteiger partial charge is 0.364 e. The highest BCUT2D eigenvalue weighted by Gasteiger charge is 1.97. The highest BCUT2D eigenvalue weighted by molar-refractivity contribution is 4.45. The lowest BCUT2D eigenvalue weighted by Gasteiger charge is -2.10. The molecule has 2 heteroatoms. The first kappa shape index (κ1) is 9.92. The maximum Gasteiger partial charge on any atom is 0.105 e. The number of ether oxygens (including phenoxy) is 1. The van der Waals surface area contributed by atoms with Gasteiger partial charge < -0.3 is 10.5 Å². The third-order valence-electron chi connectivity index (χ3n) is 1.40. The molecule has 0 saturated heterocycles. The Kier molecular flexibility index (Phi) is 6.98. The topological polar surface area (TPSA) is 35.2 Å². The molecule has 0 amide bonds. The molecule has 0 aliphatic heterocycles. The van der Waals surface area contributed by atoms with Crippen LogP contribution in [0.2, 0.25) is 0 Å². The van der Waals surface area contributed by atoms with Crippen molar-refractivity contribution in [3.63, 3.8) is 0 Å². The molecule has 0 heterocycles. The average molecular weight is 145 g/mol. The molecule has 2 nitrogen and oxygen atoms in total.